The van der Waals surface area contributed by atoms with E-state index in [0.717, 1.165) is 34.0 Å². The zero-order valence-electron chi connectivity index (χ0n) is 19.8. The first-order valence-electron chi connectivity index (χ1n) is 11.1. The number of nitrogens with two attached hydrogens (primary N) is 1. The number of primary amides is 1. The fraction of sp³-hybridized carbons (Fsp3) is 0.0741. The van der Waals surface area contributed by atoms with Crippen LogP contribution in [-0.4, -0.2) is 15.9 Å². The minimum absolute atomic E-state index is 0.175. The average molecular weight is 637 g/mol. The van der Waals surface area contributed by atoms with E-state index in [-0.39, 0.29) is 18.2 Å². The zero-order chi connectivity index (χ0) is 27.9. The van der Waals surface area contributed by atoms with Crippen LogP contribution in [0.2, 0.25) is 10.0 Å². The van der Waals surface area contributed by atoms with Crippen molar-refractivity contribution in [1.29, 1.82) is 0 Å². The molecular weight excluding hydrogens is 619 g/mol. The van der Waals surface area contributed by atoms with Crippen LogP contribution < -0.4 is 10.5 Å². The van der Waals surface area contributed by atoms with Gasteiger partial charge in [0.25, 0.3) is 5.91 Å². The predicted octanol–water partition coefficient (Wildman–Crippen LogP) is 7.84. The number of benzene rings is 3. The molecule has 39 heavy (non-hydrogen) atoms. The van der Waals surface area contributed by atoms with Gasteiger partial charge in [0.1, 0.15) is 35.3 Å². The van der Waals surface area contributed by atoms with E-state index < -0.39 is 23.1 Å². The molecule has 0 spiro atoms. The summed E-state index contributed by atoms with van der Waals surface area (Å²) in [5.74, 6) is -2.93. The number of hydrogen-bond acceptors (Lipinski definition) is 6. The van der Waals surface area contributed by atoms with Gasteiger partial charge in [0.15, 0.2) is 18.2 Å². The summed E-state index contributed by atoms with van der Waals surface area (Å²) < 4.78 is 43.2. The topological polar surface area (TPSA) is 104 Å². The van der Waals surface area contributed by atoms with Gasteiger partial charge < -0.3 is 19.3 Å². The maximum Gasteiger partial charge on any atom is 0.254 e. The molecule has 0 aliphatic carbocycles. The Morgan fingerprint density at radius 3 is 1.85 bits per heavy atom. The van der Waals surface area contributed by atoms with Gasteiger partial charge in [-0.25, -0.2) is 18.7 Å². The number of ether oxygens (including phenoxy) is 1. The number of hydrogen-bond donors (Lipinski definition) is 1. The molecule has 0 aliphatic heterocycles. The van der Waals surface area contributed by atoms with Crippen LogP contribution in [0.4, 0.5) is 8.78 Å². The normalized spacial score (nSPS) is 10.6. The summed E-state index contributed by atoms with van der Waals surface area (Å²) >= 11 is 14.9. The Hall–Kier alpha value is -3.73. The highest BCUT2D eigenvalue weighted by molar-refractivity contribution is 9.08. The Labute approximate surface area is 239 Å². The summed E-state index contributed by atoms with van der Waals surface area (Å²) in [5, 5.41) is 1.94. The van der Waals surface area contributed by atoms with Crippen molar-refractivity contribution in [1.82, 2.24) is 9.97 Å². The van der Waals surface area contributed by atoms with Crippen molar-refractivity contribution in [2.75, 3.05) is 0 Å². The molecular formula is C27H18BrCl2F2N3O4. The number of aromatic nitrogens is 2. The lowest BCUT2D eigenvalue weighted by Gasteiger charge is -2.08. The molecule has 0 fully saturated rings. The van der Waals surface area contributed by atoms with Crippen LogP contribution in [0.25, 0.3) is 22.5 Å². The molecule has 2 heterocycles. The molecule has 0 radical (unpaired) electrons. The van der Waals surface area contributed by atoms with Gasteiger partial charge >= 0.3 is 0 Å². The molecule has 3 aromatic carbocycles. The third-order valence-corrected chi connectivity index (χ3v) is 6.13. The highest BCUT2D eigenvalue weighted by atomic mass is 79.9. The Balaban J connectivity index is 0.000000212. The fourth-order valence-corrected chi connectivity index (χ4v) is 3.78. The molecule has 0 bridgehead atoms. The number of amides is 1. The molecule has 200 valence electrons. The van der Waals surface area contributed by atoms with Crippen LogP contribution in [0.15, 0.2) is 82.0 Å². The Morgan fingerprint density at radius 1 is 0.846 bits per heavy atom. The third-order valence-electron chi connectivity index (χ3n) is 5.15. The van der Waals surface area contributed by atoms with Crippen LogP contribution in [0.3, 0.4) is 0 Å². The van der Waals surface area contributed by atoms with Gasteiger partial charge in [-0.3, -0.25) is 4.79 Å². The van der Waals surface area contributed by atoms with Crippen molar-refractivity contribution in [3.63, 3.8) is 0 Å². The number of rotatable bonds is 7. The summed E-state index contributed by atoms with van der Waals surface area (Å²) in [5.41, 5.74) is 7.26. The maximum atomic E-state index is 14.1. The smallest absolute Gasteiger partial charge is 0.254 e. The quantitative estimate of drug-likeness (QED) is 0.183. The van der Waals surface area contributed by atoms with Gasteiger partial charge in [0.2, 0.25) is 11.8 Å². The molecule has 5 aromatic rings. The average Bonchev–Trinajstić information content (AvgIpc) is 3.60. The van der Waals surface area contributed by atoms with Crippen LogP contribution >= 0.6 is 39.1 Å². The second-order valence-electron chi connectivity index (χ2n) is 7.79. The molecule has 0 saturated carbocycles. The maximum absolute atomic E-state index is 14.1. The molecule has 0 unspecified atom stereocenters. The van der Waals surface area contributed by atoms with E-state index >= 15 is 0 Å². The Morgan fingerprint density at radius 2 is 1.36 bits per heavy atom. The minimum Gasteiger partial charge on any atom is -0.481 e. The van der Waals surface area contributed by atoms with E-state index in [4.69, 9.17) is 42.5 Å². The fourth-order valence-electron chi connectivity index (χ4n) is 3.27. The van der Waals surface area contributed by atoms with E-state index in [1.165, 1.54) is 6.26 Å². The van der Waals surface area contributed by atoms with Crippen molar-refractivity contribution in [2.24, 2.45) is 5.73 Å². The molecule has 7 nitrogen and oxygen atoms in total. The van der Waals surface area contributed by atoms with Crippen molar-refractivity contribution >= 4 is 45.0 Å². The summed E-state index contributed by atoms with van der Waals surface area (Å²) in [4.78, 5) is 19.6. The first-order valence-corrected chi connectivity index (χ1v) is 13.0. The second-order valence-corrected chi connectivity index (χ2v) is 9.22. The van der Waals surface area contributed by atoms with E-state index in [0.29, 0.717) is 21.9 Å². The summed E-state index contributed by atoms with van der Waals surface area (Å²) in [6.45, 7) is -0.214. The Bertz CT molecular complexity index is 1580. The molecule has 1 amide bonds. The van der Waals surface area contributed by atoms with E-state index in [1.54, 1.807) is 30.5 Å². The van der Waals surface area contributed by atoms with E-state index in [1.807, 2.05) is 24.3 Å². The van der Waals surface area contributed by atoms with Gasteiger partial charge in [-0.05, 0) is 36.4 Å². The molecule has 0 aliphatic rings. The van der Waals surface area contributed by atoms with Crippen LogP contribution in [-0.2, 0) is 11.9 Å². The third kappa shape index (κ3) is 7.23. The predicted molar refractivity (Wildman–Crippen MR) is 146 cm³/mol. The van der Waals surface area contributed by atoms with Crippen molar-refractivity contribution in [3.05, 3.63) is 112 Å². The van der Waals surface area contributed by atoms with Crippen molar-refractivity contribution < 1.29 is 27.1 Å². The molecule has 2 N–H and O–H groups in total. The summed E-state index contributed by atoms with van der Waals surface area (Å²) in [6.07, 6.45) is 3.05. The number of carbonyl (C=O) groups is 1. The molecule has 2 aromatic heterocycles. The highest BCUT2D eigenvalue weighted by Crippen LogP contribution is 2.25. The Kier molecular flexibility index (Phi) is 9.34. The highest BCUT2D eigenvalue weighted by Gasteiger charge is 2.19. The summed E-state index contributed by atoms with van der Waals surface area (Å²) in [7, 11) is 0. The largest absolute Gasteiger partial charge is 0.481 e. The summed E-state index contributed by atoms with van der Waals surface area (Å²) in [6, 6.07) is 16.4. The SMILES string of the molecule is Clc1ccc(-c2coc(CBr)n2)cc1.NC(=O)c1c(F)ccc(OCc2nc(-c3ccc(Cl)cc3)co2)c1F. The zero-order valence-corrected chi connectivity index (χ0v) is 22.9. The lowest BCUT2D eigenvalue weighted by Crippen LogP contribution is -2.16. The van der Waals surface area contributed by atoms with Gasteiger partial charge in [-0.15, -0.1) is 0 Å². The van der Waals surface area contributed by atoms with E-state index in [9.17, 15) is 13.6 Å². The first kappa shape index (κ1) is 28.3. The number of nitrogens with zero attached hydrogens (tertiary/aromatic N) is 2. The second kappa shape index (κ2) is 12.9. The van der Waals surface area contributed by atoms with Crippen LogP contribution in [0.1, 0.15) is 22.1 Å². The lowest BCUT2D eigenvalue weighted by molar-refractivity contribution is 0.0991. The van der Waals surface area contributed by atoms with Crippen molar-refractivity contribution in [2.45, 2.75) is 11.9 Å². The molecule has 0 atom stereocenters. The van der Waals surface area contributed by atoms with Gasteiger partial charge in [0.05, 0.1) is 5.33 Å². The lowest BCUT2D eigenvalue weighted by atomic mass is 10.1. The standard InChI is InChI=1S/C17H11ClF2N2O3.C10H7BrClNO/c18-10-3-1-9(2-4-10)12-7-25-14(22-12)8-24-13-6-5-11(19)15(16(13)20)17(21)23;11-5-10-13-9(6-14-10)7-1-3-8(12)4-2-7/h1-7H,8H2,(H2,21,23);1-4,6H,5H2. The number of alkyl halides is 1. The number of halogens is 5. The number of oxazole rings is 2. The molecule has 5 rings (SSSR count). The minimum atomic E-state index is -1.22. The van der Waals surface area contributed by atoms with Crippen molar-refractivity contribution in [3.8, 4) is 28.3 Å². The van der Waals surface area contributed by atoms with Crippen LogP contribution in [0, 0.1) is 11.6 Å². The first-order chi connectivity index (χ1) is 18.7. The molecule has 12 heteroatoms. The van der Waals surface area contributed by atoms with Gasteiger partial charge in [-0.2, -0.15) is 0 Å². The van der Waals surface area contributed by atoms with Crippen LogP contribution in [0.5, 0.6) is 5.75 Å². The monoisotopic (exact) mass is 635 g/mol. The molecule has 0 saturated heterocycles. The van der Waals surface area contributed by atoms with Gasteiger partial charge in [-0.1, -0.05) is 63.4 Å². The van der Waals surface area contributed by atoms with E-state index in [2.05, 4.69) is 25.9 Å². The number of carbonyl (C=O) groups excluding carboxylic acids is 1. The van der Waals surface area contributed by atoms with Gasteiger partial charge in [0, 0.05) is 21.2 Å².